The van der Waals surface area contributed by atoms with E-state index in [1.54, 1.807) is 12.4 Å². The first-order valence-electron chi connectivity index (χ1n) is 7.05. The van der Waals surface area contributed by atoms with E-state index in [1.807, 2.05) is 43.3 Å². The van der Waals surface area contributed by atoms with Gasteiger partial charge in [0.2, 0.25) is 11.7 Å². The maximum atomic E-state index is 5.23. The fraction of sp³-hybridized carbons (Fsp3) is 0.125. The molecule has 2 heterocycles. The van der Waals surface area contributed by atoms with Crippen LogP contribution in [0.25, 0.3) is 11.4 Å². The molecule has 0 spiro atoms. The van der Waals surface area contributed by atoms with Crippen LogP contribution < -0.4 is 10.6 Å². The second-order valence-electron chi connectivity index (χ2n) is 4.92. The van der Waals surface area contributed by atoms with E-state index in [2.05, 4.69) is 25.8 Å². The highest BCUT2D eigenvalue weighted by Gasteiger charge is 2.08. The van der Waals surface area contributed by atoms with Gasteiger partial charge in [-0.25, -0.2) is 0 Å². The number of nitrogens with zero attached hydrogens (tertiary/aromatic N) is 3. The molecule has 116 valence electrons. The molecule has 1 aromatic carbocycles. The van der Waals surface area contributed by atoms with Gasteiger partial charge < -0.3 is 15.2 Å². The molecule has 0 fully saturated rings. The van der Waals surface area contributed by atoms with Crippen molar-refractivity contribution in [3.63, 3.8) is 0 Å². The number of hydrogen-bond acceptors (Lipinski definition) is 5. The third kappa shape index (κ3) is 4.10. The molecule has 0 aliphatic heterocycles. The van der Waals surface area contributed by atoms with Crippen LogP contribution in [-0.2, 0) is 6.54 Å². The molecular formula is C16H15N5OS. The zero-order chi connectivity index (χ0) is 16.1. The van der Waals surface area contributed by atoms with Crippen LogP contribution in [0.15, 0.2) is 53.3 Å². The average molecular weight is 325 g/mol. The predicted octanol–water partition coefficient (Wildman–Crippen LogP) is 2.93. The molecule has 7 heteroatoms. The van der Waals surface area contributed by atoms with Gasteiger partial charge in [-0.05, 0) is 31.3 Å². The number of rotatable bonds is 4. The summed E-state index contributed by atoms with van der Waals surface area (Å²) in [6.07, 6.45) is 3.38. The third-order valence-electron chi connectivity index (χ3n) is 3.12. The molecule has 0 saturated heterocycles. The van der Waals surface area contributed by atoms with Gasteiger partial charge in [-0.15, -0.1) is 0 Å². The summed E-state index contributed by atoms with van der Waals surface area (Å²) in [5.74, 6) is 1.04. The lowest BCUT2D eigenvalue weighted by Crippen LogP contribution is -2.27. The minimum atomic E-state index is 0.357. The summed E-state index contributed by atoms with van der Waals surface area (Å²) in [7, 11) is 0. The second-order valence-corrected chi connectivity index (χ2v) is 5.33. The Balaban J connectivity index is 1.57. The molecule has 0 radical (unpaired) electrons. The maximum absolute atomic E-state index is 5.23. The van der Waals surface area contributed by atoms with Gasteiger partial charge in [-0.3, -0.25) is 4.98 Å². The van der Waals surface area contributed by atoms with E-state index >= 15 is 0 Å². The maximum Gasteiger partial charge on any atom is 0.246 e. The molecule has 6 nitrogen and oxygen atoms in total. The Bertz CT molecular complexity index is 786. The average Bonchev–Trinajstić information content (AvgIpc) is 3.04. The van der Waals surface area contributed by atoms with E-state index in [0.29, 0.717) is 23.4 Å². The third-order valence-corrected chi connectivity index (χ3v) is 3.36. The summed E-state index contributed by atoms with van der Waals surface area (Å²) in [4.78, 5) is 8.30. The number of benzene rings is 1. The molecule has 2 aromatic heterocycles. The monoisotopic (exact) mass is 325 g/mol. The normalized spacial score (nSPS) is 10.3. The Labute approximate surface area is 139 Å². The van der Waals surface area contributed by atoms with Crippen molar-refractivity contribution < 1.29 is 4.52 Å². The van der Waals surface area contributed by atoms with E-state index in [1.165, 1.54) is 5.56 Å². The van der Waals surface area contributed by atoms with Crippen molar-refractivity contribution in [2.75, 3.05) is 5.32 Å². The number of hydrogen-bond donors (Lipinski definition) is 2. The van der Waals surface area contributed by atoms with Crippen molar-refractivity contribution in [2.45, 2.75) is 13.5 Å². The minimum Gasteiger partial charge on any atom is -0.353 e. The van der Waals surface area contributed by atoms with Gasteiger partial charge in [-0.2, -0.15) is 4.98 Å². The number of pyridine rings is 1. The van der Waals surface area contributed by atoms with Gasteiger partial charge in [-0.1, -0.05) is 35.0 Å². The largest absolute Gasteiger partial charge is 0.353 e. The number of thiocarbonyl (C=S) groups is 1. The summed E-state index contributed by atoms with van der Waals surface area (Å²) in [5.41, 5.74) is 2.97. The molecular weight excluding hydrogens is 310 g/mol. The number of aryl methyl sites for hydroxylation is 1. The lowest BCUT2D eigenvalue weighted by molar-refractivity contribution is 0.376. The number of aromatic nitrogens is 3. The Kier molecular flexibility index (Phi) is 4.58. The summed E-state index contributed by atoms with van der Waals surface area (Å²) in [6, 6.07) is 11.6. The molecule has 0 aliphatic carbocycles. The van der Waals surface area contributed by atoms with Gasteiger partial charge in [0.15, 0.2) is 5.11 Å². The van der Waals surface area contributed by atoms with E-state index in [0.717, 1.165) is 11.3 Å². The molecule has 2 N–H and O–H groups in total. The van der Waals surface area contributed by atoms with Gasteiger partial charge in [0.05, 0.1) is 6.54 Å². The molecule has 0 amide bonds. The van der Waals surface area contributed by atoms with Gasteiger partial charge >= 0.3 is 0 Å². The van der Waals surface area contributed by atoms with Crippen LogP contribution in [0.4, 0.5) is 5.69 Å². The first-order valence-corrected chi connectivity index (χ1v) is 7.46. The van der Waals surface area contributed by atoms with Crippen LogP contribution >= 0.6 is 12.2 Å². The Hall–Kier alpha value is -2.80. The van der Waals surface area contributed by atoms with Crippen LogP contribution in [0.2, 0.25) is 0 Å². The summed E-state index contributed by atoms with van der Waals surface area (Å²) >= 11 is 5.22. The smallest absolute Gasteiger partial charge is 0.246 e. The number of nitrogens with one attached hydrogen (secondary N) is 2. The van der Waals surface area contributed by atoms with Crippen LogP contribution in [0.1, 0.15) is 11.5 Å². The lowest BCUT2D eigenvalue weighted by atomic mass is 10.1. The Morgan fingerprint density at radius 3 is 2.61 bits per heavy atom. The van der Waals surface area contributed by atoms with Crippen molar-refractivity contribution in [3.05, 3.63) is 60.2 Å². The lowest BCUT2D eigenvalue weighted by Gasteiger charge is -2.07. The first-order chi connectivity index (χ1) is 11.2. The van der Waals surface area contributed by atoms with Crippen molar-refractivity contribution in [2.24, 2.45) is 0 Å². The van der Waals surface area contributed by atoms with Gasteiger partial charge in [0.1, 0.15) is 0 Å². The predicted molar refractivity (Wildman–Crippen MR) is 91.8 cm³/mol. The molecule has 0 bridgehead atoms. The highest BCUT2D eigenvalue weighted by Crippen LogP contribution is 2.16. The molecule has 0 unspecified atom stereocenters. The summed E-state index contributed by atoms with van der Waals surface area (Å²) in [6.45, 7) is 2.39. The molecule has 0 saturated carbocycles. The van der Waals surface area contributed by atoms with E-state index in [4.69, 9.17) is 16.7 Å². The standard InChI is InChI=1S/C16H15N5OS/c1-11-2-4-12(5-3-11)15-20-14(22-21-15)10-18-16(23)19-13-6-8-17-9-7-13/h2-9H,10H2,1H3,(H2,17,18,19,23). The van der Waals surface area contributed by atoms with Crippen molar-refractivity contribution in [1.29, 1.82) is 0 Å². The first kappa shape index (κ1) is 15.1. The van der Waals surface area contributed by atoms with Crippen molar-refractivity contribution in [1.82, 2.24) is 20.4 Å². The summed E-state index contributed by atoms with van der Waals surface area (Å²) in [5, 5.41) is 10.5. The zero-order valence-corrected chi connectivity index (χ0v) is 13.3. The highest BCUT2D eigenvalue weighted by atomic mass is 32.1. The van der Waals surface area contributed by atoms with Gasteiger partial charge in [0.25, 0.3) is 0 Å². The highest BCUT2D eigenvalue weighted by molar-refractivity contribution is 7.80. The van der Waals surface area contributed by atoms with Crippen molar-refractivity contribution >= 4 is 23.0 Å². The van der Waals surface area contributed by atoms with Gasteiger partial charge in [0, 0.05) is 23.6 Å². The molecule has 3 rings (SSSR count). The number of anilines is 1. The van der Waals surface area contributed by atoms with Crippen molar-refractivity contribution in [3.8, 4) is 11.4 Å². The van der Waals surface area contributed by atoms with Crippen LogP contribution in [-0.4, -0.2) is 20.2 Å². The minimum absolute atomic E-state index is 0.357. The molecule has 23 heavy (non-hydrogen) atoms. The quantitative estimate of drug-likeness (QED) is 0.714. The van der Waals surface area contributed by atoms with Crippen LogP contribution in [0.5, 0.6) is 0 Å². The molecule has 3 aromatic rings. The van der Waals surface area contributed by atoms with E-state index in [-0.39, 0.29) is 0 Å². The SMILES string of the molecule is Cc1ccc(-c2noc(CNC(=S)Nc3ccncc3)n2)cc1. The van der Waals surface area contributed by atoms with Crippen LogP contribution in [0.3, 0.4) is 0 Å². The topological polar surface area (TPSA) is 75.9 Å². The summed E-state index contributed by atoms with van der Waals surface area (Å²) < 4.78 is 5.23. The van der Waals surface area contributed by atoms with E-state index in [9.17, 15) is 0 Å². The Morgan fingerprint density at radius 1 is 1.13 bits per heavy atom. The second kappa shape index (κ2) is 6.97. The van der Waals surface area contributed by atoms with Crippen LogP contribution in [0, 0.1) is 6.92 Å². The zero-order valence-electron chi connectivity index (χ0n) is 12.5. The fourth-order valence-electron chi connectivity index (χ4n) is 1.91. The Morgan fingerprint density at radius 2 is 1.87 bits per heavy atom. The molecule has 0 atom stereocenters. The fourth-order valence-corrected chi connectivity index (χ4v) is 2.10. The van der Waals surface area contributed by atoms with E-state index < -0.39 is 0 Å². The molecule has 0 aliphatic rings.